The molecule has 2 amide bonds. The third-order valence-corrected chi connectivity index (χ3v) is 4.31. The molecule has 0 radical (unpaired) electrons. The SMILES string of the molecule is CCCCCNC(=S)NNC(=O)Cc1ccc(N2CCCC2=O)cc1. The lowest BCUT2D eigenvalue weighted by molar-refractivity contribution is -0.121. The minimum atomic E-state index is -0.164. The maximum atomic E-state index is 12.0. The Morgan fingerprint density at radius 2 is 1.96 bits per heavy atom. The van der Waals surface area contributed by atoms with Crippen LogP contribution in [-0.4, -0.2) is 30.0 Å². The van der Waals surface area contributed by atoms with Crippen LogP contribution in [-0.2, 0) is 16.0 Å². The first-order valence-corrected chi connectivity index (χ1v) is 9.23. The van der Waals surface area contributed by atoms with E-state index in [0.717, 1.165) is 50.0 Å². The van der Waals surface area contributed by atoms with E-state index in [1.54, 1.807) is 4.90 Å². The molecular formula is C18H26N4O2S. The highest BCUT2D eigenvalue weighted by Crippen LogP contribution is 2.21. The Morgan fingerprint density at radius 1 is 1.20 bits per heavy atom. The molecule has 3 N–H and O–H groups in total. The number of carbonyl (C=O) groups is 2. The van der Waals surface area contributed by atoms with Crippen LogP contribution in [0.4, 0.5) is 5.69 Å². The summed E-state index contributed by atoms with van der Waals surface area (Å²) in [6, 6.07) is 7.53. The number of thiocarbonyl (C=S) groups is 1. The van der Waals surface area contributed by atoms with E-state index >= 15 is 0 Å². The number of hydrazine groups is 1. The van der Waals surface area contributed by atoms with Crippen molar-refractivity contribution in [2.75, 3.05) is 18.0 Å². The third kappa shape index (κ3) is 6.34. The topological polar surface area (TPSA) is 73.5 Å². The van der Waals surface area contributed by atoms with Gasteiger partial charge in [-0.25, -0.2) is 0 Å². The van der Waals surface area contributed by atoms with Gasteiger partial charge in [0.15, 0.2) is 5.11 Å². The fraction of sp³-hybridized carbons (Fsp3) is 0.500. The summed E-state index contributed by atoms with van der Waals surface area (Å²) in [5.41, 5.74) is 7.08. The molecule has 0 bridgehead atoms. The Kier molecular flexibility index (Phi) is 7.66. The molecule has 7 heteroatoms. The standard InChI is InChI=1S/C18H26N4O2S/c1-2-3-4-11-19-18(25)21-20-16(23)13-14-7-9-15(10-8-14)22-12-5-6-17(22)24/h7-10H,2-6,11-13H2,1H3,(H,20,23)(H2,19,21,25). The summed E-state index contributed by atoms with van der Waals surface area (Å²) in [5, 5.41) is 3.47. The molecule has 6 nitrogen and oxygen atoms in total. The summed E-state index contributed by atoms with van der Waals surface area (Å²) in [4.78, 5) is 25.5. The minimum Gasteiger partial charge on any atom is -0.361 e. The predicted molar refractivity (Wildman–Crippen MR) is 103 cm³/mol. The van der Waals surface area contributed by atoms with Crippen LogP contribution in [0.3, 0.4) is 0 Å². The normalized spacial score (nSPS) is 13.6. The van der Waals surface area contributed by atoms with Crippen molar-refractivity contribution >= 4 is 34.8 Å². The maximum Gasteiger partial charge on any atom is 0.242 e. The number of nitrogens with zero attached hydrogens (tertiary/aromatic N) is 1. The van der Waals surface area contributed by atoms with Crippen LogP contribution >= 0.6 is 12.2 Å². The van der Waals surface area contributed by atoms with Gasteiger partial charge in [0, 0.05) is 25.2 Å². The van der Waals surface area contributed by atoms with Crippen molar-refractivity contribution in [2.45, 2.75) is 45.4 Å². The van der Waals surface area contributed by atoms with E-state index in [4.69, 9.17) is 12.2 Å². The molecule has 1 aliphatic rings. The van der Waals surface area contributed by atoms with E-state index in [2.05, 4.69) is 23.1 Å². The number of unbranched alkanes of at least 4 members (excludes halogenated alkanes) is 2. The number of benzene rings is 1. The average molecular weight is 362 g/mol. The lowest BCUT2D eigenvalue weighted by Gasteiger charge is -2.16. The Bertz CT molecular complexity index is 604. The smallest absolute Gasteiger partial charge is 0.242 e. The van der Waals surface area contributed by atoms with Crippen LogP contribution in [0.5, 0.6) is 0 Å². The molecule has 1 saturated heterocycles. The number of anilines is 1. The van der Waals surface area contributed by atoms with Gasteiger partial charge >= 0.3 is 0 Å². The molecule has 1 fully saturated rings. The Morgan fingerprint density at radius 3 is 2.60 bits per heavy atom. The molecule has 0 saturated carbocycles. The third-order valence-electron chi connectivity index (χ3n) is 4.07. The number of hydrogen-bond donors (Lipinski definition) is 3. The van der Waals surface area contributed by atoms with E-state index in [1.165, 1.54) is 0 Å². The van der Waals surface area contributed by atoms with Crippen LogP contribution in [0.25, 0.3) is 0 Å². The maximum absolute atomic E-state index is 12.0. The first-order chi connectivity index (χ1) is 12.1. The highest BCUT2D eigenvalue weighted by molar-refractivity contribution is 7.80. The van der Waals surface area contributed by atoms with Crippen LogP contribution in [0.2, 0.25) is 0 Å². The van der Waals surface area contributed by atoms with E-state index in [1.807, 2.05) is 24.3 Å². The quantitative estimate of drug-likeness (QED) is 0.393. The molecule has 1 heterocycles. The number of amides is 2. The second kappa shape index (κ2) is 9.98. The van der Waals surface area contributed by atoms with Gasteiger partial charge in [-0.2, -0.15) is 0 Å². The molecule has 136 valence electrons. The van der Waals surface area contributed by atoms with Gasteiger partial charge in [-0.05, 0) is 42.8 Å². The fourth-order valence-electron chi connectivity index (χ4n) is 2.69. The van der Waals surface area contributed by atoms with Crippen molar-refractivity contribution in [1.82, 2.24) is 16.2 Å². The summed E-state index contributed by atoms with van der Waals surface area (Å²) in [6.45, 7) is 3.71. The van der Waals surface area contributed by atoms with Crippen molar-refractivity contribution in [3.8, 4) is 0 Å². The average Bonchev–Trinajstić information content (AvgIpc) is 3.04. The summed E-state index contributed by atoms with van der Waals surface area (Å²) in [5.74, 6) is -0.00245. The van der Waals surface area contributed by atoms with Crippen molar-refractivity contribution < 1.29 is 9.59 Å². The number of hydrogen-bond acceptors (Lipinski definition) is 3. The van der Waals surface area contributed by atoms with Crippen molar-refractivity contribution in [3.05, 3.63) is 29.8 Å². The fourth-order valence-corrected chi connectivity index (χ4v) is 2.85. The molecule has 0 aliphatic carbocycles. The van der Waals surface area contributed by atoms with Gasteiger partial charge in [-0.1, -0.05) is 31.9 Å². The van der Waals surface area contributed by atoms with E-state index in [9.17, 15) is 9.59 Å². The Balaban J connectivity index is 1.71. The highest BCUT2D eigenvalue weighted by Gasteiger charge is 2.21. The van der Waals surface area contributed by atoms with Gasteiger partial charge < -0.3 is 10.2 Å². The number of rotatable bonds is 7. The molecule has 25 heavy (non-hydrogen) atoms. The largest absolute Gasteiger partial charge is 0.361 e. The summed E-state index contributed by atoms with van der Waals surface area (Å²) >= 11 is 5.10. The summed E-state index contributed by atoms with van der Waals surface area (Å²) < 4.78 is 0. The molecule has 0 unspecified atom stereocenters. The lowest BCUT2D eigenvalue weighted by atomic mass is 10.1. The first-order valence-electron chi connectivity index (χ1n) is 8.82. The van der Waals surface area contributed by atoms with Crippen LogP contribution in [0.1, 0.15) is 44.6 Å². The monoisotopic (exact) mass is 362 g/mol. The molecule has 1 aromatic rings. The van der Waals surface area contributed by atoms with Gasteiger partial charge in [0.2, 0.25) is 11.8 Å². The van der Waals surface area contributed by atoms with Gasteiger partial charge in [-0.3, -0.25) is 20.4 Å². The zero-order chi connectivity index (χ0) is 18.1. The molecular weight excluding hydrogens is 336 g/mol. The zero-order valence-corrected chi connectivity index (χ0v) is 15.5. The summed E-state index contributed by atoms with van der Waals surface area (Å²) in [7, 11) is 0. The predicted octanol–water partition coefficient (Wildman–Crippen LogP) is 2.04. The van der Waals surface area contributed by atoms with Crippen molar-refractivity contribution in [1.29, 1.82) is 0 Å². The van der Waals surface area contributed by atoms with Gasteiger partial charge in [0.1, 0.15) is 0 Å². The van der Waals surface area contributed by atoms with E-state index in [-0.39, 0.29) is 18.2 Å². The van der Waals surface area contributed by atoms with Gasteiger partial charge in [0.25, 0.3) is 0 Å². The van der Waals surface area contributed by atoms with Crippen LogP contribution < -0.4 is 21.1 Å². The number of carbonyl (C=O) groups excluding carboxylic acids is 2. The van der Waals surface area contributed by atoms with Gasteiger partial charge in [0.05, 0.1) is 6.42 Å². The molecule has 1 aliphatic heterocycles. The zero-order valence-electron chi connectivity index (χ0n) is 14.6. The molecule has 0 aromatic heterocycles. The number of nitrogens with one attached hydrogen (secondary N) is 3. The second-order valence-electron chi connectivity index (χ2n) is 6.13. The molecule has 0 spiro atoms. The van der Waals surface area contributed by atoms with Crippen molar-refractivity contribution in [3.63, 3.8) is 0 Å². The molecule has 0 atom stereocenters. The van der Waals surface area contributed by atoms with Crippen LogP contribution in [0.15, 0.2) is 24.3 Å². The highest BCUT2D eigenvalue weighted by atomic mass is 32.1. The Hall–Kier alpha value is -2.15. The lowest BCUT2D eigenvalue weighted by Crippen LogP contribution is -2.47. The first kappa shape index (κ1) is 19.2. The van der Waals surface area contributed by atoms with E-state index in [0.29, 0.717) is 11.5 Å². The summed E-state index contributed by atoms with van der Waals surface area (Å²) in [6.07, 6.45) is 5.13. The molecule has 2 rings (SSSR count). The molecule has 1 aromatic carbocycles. The minimum absolute atomic E-state index is 0.162. The van der Waals surface area contributed by atoms with Crippen molar-refractivity contribution in [2.24, 2.45) is 0 Å². The Labute approximate surface area is 154 Å². The van der Waals surface area contributed by atoms with E-state index < -0.39 is 0 Å². The van der Waals surface area contributed by atoms with Gasteiger partial charge in [-0.15, -0.1) is 0 Å². The second-order valence-corrected chi connectivity index (χ2v) is 6.54. The van der Waals surface area contributed by atoms with Crippen LogP contribution in [0, 0.1) is 0 Å².